The van der Waals surface area contributed by atoms with Crippen LogP contribution in [0, 0.1) is 5.92 Å². The Kier molecular flexibility index (Phi) is 4.74. The molecule has 0 aliphatic carbocycles. The van der Waals surface area contributed by atoms with Gasteiger partial charge in [-0.25, -0.2) is 0 Å². The molecule has 3 unspecified atom stereocenters. The fourth-order valence-corrected chi connectivity index (χ4v) is 2.56. The van der Waals surface area contributed by atoms with Crippen LogP contribution in [0.4, 0.5) is 0 Å². The van der Waals surface area contributed by atoms with Crippen molar-refractivity contribution in [3.63, 3.8) is 0 Å². The Morgan fingerprint density at radius 2 is 2.12 bits per heavy atom. The van der Waals surface area contributed by atoms with Crippen LogP contribution in [0.2, 0.25) is 0 Å². The molecule has 4 heteroatoms. The van der Waals surface area contributed by atoms with Gasteiger partial charge in [0.1, 0.15) is 0 Å². The molecule has 2 N–H and O–H groups in total. The van der Waals surface area contributed by atoms with E-state index in [0.717, 1.165) is 12.5 Å². The molecule has 1 fully saturated rings. The summed E-state index contributed by atoms with van der Waals surface area (Å²) >= 11 is 0. The maximum Gasteiger partial charge on any atom is 0.223 e. The molecule has 1 saturated heterocycles. The number of hydrogen-bond acceptors (Lipinski definition) is 3. The fraction of sp³-hybridized carbons (Fsp3) is 0.917. The molecule has 0 saturated carbocycles. The van der Waals surface area contributed by atoms with Crippen LogP contribution in [-0.4, -0.2) is 55.0 Å². The van der Waals surface area contributed by atoms with Crippen LogP contribution in [-0.2, 0) is 4.79 Å². The summed E-state index contributed by atoms with van der Waals surface area (Å²) in [5, 5.41) is 0. The van der Waals surface area contributed by atoms with Crippen molar-refractivity contribution in [3.05, 3.63) is 0 Å². The smallest absolute Gasteiger partial charge is 0.223 e. The lowest BCUT2D eigenvalue weighted by Crippen LogP contribution is -2.45. The second-order valence-corrected chi connectivity index (χ2v) is 5.27. The molecular formula is C12H25N3O. The first kappa shape index (κ1) is 13.5. The van der Waals surface area contributed by atoms with Gasteiger partial charge in [-0.1, -0.05) is 6.92 Å². The lowest BCUT2D eigenvalue weighted by atomic mass is 10.1. The van der Waals surface area contributed by atoms with Crippen LogP contribution in [0.1, 0.15) is 26.7 Å². The second kappa shape index (κ2) is 5.64. The third kappa shape index (κ3) is 3.19. The highest BCUT2D eigenvalue weighted by Gasteiger charge is 2.32. The summed E-state index contributed by atoms with van der Waals surface area (Å²) in [7, 11) is 3.60. The molecule has 16 heavy (non-hydrogen) atoms. The zero-order valence-electron chi connectivity index (χ0n) is 10.9. The molecule has 0 aromatic carbocycles. The van der Waals surface area contributed by atoms with Gasteiger partial charge in [-0.3, -0.25) is 9.69 Å². The Morgan fingerprint density at radius 3 is 2.50 bits per heavy atom. The van der Waals surface area contributed by atoms with E-state index in [-0.39, 0.29) is 11.9 Å². The summed E-state index contributed by atoms with van der Waals surface area (Å²) in [6, 6.07) is 0.758. The topological polar surface area (TPSA) is 49.6 Å². The van der Waals surface area contributed by atoms with Gasteiger partial charge >= 0.3 is 0 Å². The van der Waals surface area contributed by atoms with Gasteiger partial charge in [0, 0.05) is 45.7 Å². The Balaban J connectivity index is 2.57. The summed E-state index contributed by atoms with van der Waals surface area (Å²) < 4.78 is 0. The third-order valence-corrected chi connectivity index (χ3v) is 3.48. The van der Waals surface area contributed by atoms with E-state index in [1.165, 1.54) is 6.42 Å². The van der Waals surface area contributed by atoms with E-state index in [2.05, 4.69) is 18.7 Å². The molecule has 1 aliphatic rings. The largest absolute Gasteiger partial charge is 0.349 e. The van der Waals surface area contributed by atoms with Crippen LogP contribution in [0.15, 0.2) is 0 Å². The highest BCUT2D eigenvalue weighted by molar-refractivity contribution is 5.76. The minimum Gasteiger partial charge on any atom is -0.349 e. The van der Waals surface area contributed by atoms with Gasteiger partial charge in [-0.15, -0.1) is 0 Å². The number of carbonyl (C=O) groups excluding carboxylic acids is 1. The molecule has 94 valence electrons. The summed E-state index contributed by atoms with van der Waals surface area (Å²) in [5.41, 5.74) is 5.80. The maximum absolute atomic E-state index is 11.7. The Labute approximate surface area is 98.8 Å². The van der Waals surface area contributed by atoms with Gasteiger partial charge in [-0.05, 0) is 19.3 Å². The summed E-state index contributed by atoms with van der Waals surface area (Å²) in [4.78, 5) is 15.7. The van der Waals surface area contributed by atoms with Crippen LogP contribution < -0.4 is 5.73 Å². The van der Waals surface area contributed by atoms with Gasteiger partial charge in [0.25, 0.3) is 0 Å². The van der Waals surface area contributed by atoms with E-state index in [4.69, 9.17) is 5.73 Å². The van der Waals surface area contributed by atoms with Crippen LogP contribution in [0.25, 0.3) is 0 Å². The minimum atomic E-state index is 0.169. The molecule has 0 aromatic heterocycles. The van der Waals surface area contributed by atoms with Gasteiger partial charge in [0.2, 0.25) is 5.91 Å². The van der Waals surface area contributed by atoms with Crippen molar-refractivity contribution in [1.29, 1.82) is 0 Å². The number of carbonyl (C=O) groups is 1. The van der Waals surface area contributed by atoms with Gasteiger partial charge in [-0.2, -0.15) is 0 Å². The molecule has 0 bridgehead atoms. The Bertz CT molecular complexity index is 242. The predicted molar refractivity (Wildman–Crippen MR) is 66.1 cm³/mol. The van der Waals surface area contributed by atoms with Crippen molar-refractivity contribution < 1.29 is 4.79 Å². The normalized spacial score (nSPS) is 28.1. The van der Waals surface area contributed by atoms with Gasteiger partial charge in [0.05, 0.1) is 0 Å². The predicted octanol–water partition coefficient (Wildman–Crippen LogP) is 0.522. The van der Waals surface area contributed by atoms with E-state index in [1.54, 1.807) is 19.0 Å². The number of amides is 1. The van der Waals surface area contributed by atoms with Crippen LogP contribution >= 0.6 is 0 Å². The Hall–Kier alpha value is -0.610. The van der Waals surface area contributed by atoms with E-state index in [1.807, 2.05) is 0 Å². The van der Waals surface area contributed by atoms with Crippen LogP contribution in [0.5, 0.6) is 0 Å². The Morgan fingerprint density at radius 1 is 1.50 bits per heavy atom. The van der Waals surface area contributed by atoms with Crippen molar-refractivity contribution in [2.24, 2.45) is 11.7 Å². The van der Waals surface area contributed by atoms with Crippen LogP contribution in [0.3, 0.4) is 0 Å². The molecule has 0 radical (unpaired) electrons. The van der Waals surface area contributed by atoms with Gasteiger partial charge < -0.3 is 10.6 Å². The second-order valence-electron chi connectivity index (χ2n) is 5.27. The standard InChI is InChI=1S/C12H25N3O/c1-9-5-10(2)15(8-9)11(7-13)6-12(16)14(3)4/h9-11H,5-8,13H2,1-4H3. The quantitative estimate of drug-likeness (QED) is 0.762. The first-order chi connectivity index (χ1) is 7.45. The summed E-state index contributed by atoms with van der Waals surface area (Å²) in [6.45, 7) is 6.13. The van der Waals surface area contributed by atoms with Crippen molar-refractivity contribution in [1.82, 2.24) is 9.80 Å². The fourth-order valence-electron chi connectivity index (χ4n) is 2.56. The zero-order valence-corrected chi connectivity index (χ0v) is 10.9. The molecule has 1 aliphatic heterocycles. The average Bonchev–Trinajstić information content (AvgIpc) is 2.53. The average molecular weight is 227 g/mol. The number of likely N-dealkylation sites (tertiary alicyclic amines) is 1. The van der Waals surface area contributed by atoms with E-state index in [9.17, 15) is 4.79 Å². The van der Waals surface area contributed by atoms with E-state index < -0.39 is 0 Å². The molecule has 1 amide bonds. The molecule has 1 heterocycles. The van der Waals surface area contributed by atoms with Crippen molar-refractivity contribution in [3.8, 4) is 0 Å². The van der Waals surface area contributed by atoms with E-state index in [0.29, 0.717) is 19.0 Å². The van der Waals surface area contributed by atoms with Crippen molar-refractivity contribution in [2.75, 3.05) is 27.2 Å². The highest BCUT2D eigenvalue weighted by atomic mass is 16.2. The minimum absolute atomic E-state index is 0.169. The first-order valence-corrected chi connectivity index (χ1v) is 6.11. The molecule has 3 atom stereocenters. The monoisotopic (exact) mass is 227 g/mol. The molecule has 4 nitrogen and oxygen atoms in total. The molecule has 0 aromatic rings. The lowest BCUT2D eigenvalue weighted by Gasteiger charge is -2.30. The first-order valence-electron chi connectivity index (χ1n) is 6.11. The number of nitrogens with two attached hydrogens (primary N) is 1. The third-order valence-electron chi connectivity index (χ3n) is 3.48. The SMILES string of the molecule is CC1CC(C)N(C(CN)CC(=O)N(C)C)C1. The summed E-state index contributed by atoms with van der Waals surface area (Å²) in [6.07, 6.45) is 1.76. The molecule has 0 spiro atoms. The molecule has 1 rings (SSSR count). The summed E-state index contributed by atoms with van der Waals surface area (Å²) in [5.74, 6) is 0.890. The highest BCUT2D eigenvalue weighted by Crippen LogP contribution is 2.25. The number of nitrogens with zero attached hydrogens (tertiary/aromatic N) is 2. The lowest BCUT2D eigenvalue weighted by molar-refractivity contribution is -0.130. The zero-order chi connectivity index (χ0) is 12.3. The van der Waals surface area contributed by atoms with E-state index >= 15 is 0 Å². The van der Waals surface area contributed by atoms with Gasteiger partial charge in [0.15, 0.2) is 0 Å². The van der Waals surface area contributed by atoms with Crippen molar-refractivity contribution in [2.45, 2.75) is 38.8 Å². The number of hydrogen-bond donors (Lipinski definition) is 1. The maximum atomic E-state index is 11.7. The number of rotatable bonds is 4. The molecular weight excluding hydrogens is 202 g/mol. The van der Waals surface area contributed by atoms with Crippen molar-refractivity contribution >= 4 is 5.91 Å².